The van der Waals surface area contributed by atoms with Crippen LogP contribution in [0, 0.1) is 6.92 Å². The average molecular weight is 208 g/mol. The van der Waals surface area contributed by atoms with E-state index in [0.717, 1.165) is 17.7 Å². The molecule has 0 saturated carbocycles. The van der Waals surface area contributed by atoms with Crippen molar-refractivity contribution in [2.24, 2.45) is 5.73 Å². The summed E-state index contributed by atoms with van der Waals surface area (Å²) < 4.78 is 4.54. The van der Waals surface area contributed by atoms with Gasteiger partial charge in [-0.2, -0.15) is 0 Å². The molecule has 0 saturated heterocycles. The van der Waals surface area contributed by atoms with Gasteiger partial charge in [-0.15, -0.1) is 0 Å². The molecule has 0 bridgehead atoms. The molecule has 0 aromatic carbocycles. The van der Waals surface area contributed by atoms with Crippen LogP contribution in [0.3, 0.4) is 0 Å². The molecule has 0 aliphatic heterocycles. The Kier molecular flexibility index (Phi) is 4.24. The van der Waals surface area contributed by atoms with E-state index in [2.05, 4.69) is 9.72 Å². The monoisotopic (exact) mass is 208 g/mol. The Morgan fingerprint density at radius 2 is 2.33 bits per heavy atom. The smallest absolute Gasteiger partial charge is 0.322 e. The second-order valence-electron chi connectivity index (χ2n) is 3.48. The van der Waals surface area contributed by atoms with E-state index in [-0.39, 0.29) is 5.97 Å². The first-order valence-electron chi connectivity index (χ1n) is 4.88. The Morgan fingerprint density at radius 3 is 2.87 bits per heavy atom. The number of rotatable bonds is 4. The lowest BCUT2D eigenvalue weighted by molar-refractivity contribution is -0.142. The molecular weight excluding hydrogens is 192 g/mol. The summed E-state index contributed by atoms with van der Waals surface area (Å²) in [5.41, 5.74) is 7.68. The maximum Gasteiger partial charge on any atom is 0.322 e. The molecule has 0 radical (unpaired) electrons. The molecule has 0 spiro atoms. The number of hydrogen-bond acceptors (Lipinski definition) is 4. The van der Waals surface area contributed by atoms with E-state index in [0.29, 0.717) is 6.42 Å². The highest BCUT2D eigenvalue weighted by molar-refractivity contribution is 5.75. The molecule has 0 aliphatic carbocycles. The lowest BCUT2D eigenvalue weighted by Crippen LogP contribution is -2.31. The maximum absolute atomic E-state index is 11.0. The van der Waals surface area contributed by atoms with Gasteiger partial charge in [-0.25, -0.2) is 0 Å². The minimum Gasteiger partial charge on any atom is -0.468 e. The SMILES string of the molecule is COC(=O)C(N)CCc1ccc(C)nc1. The van der Waals surface area contributed by atoms with Crippen LogP contribution < -0.4 is 5.73 Å². The van der Waals surface area contributed by atoms with Crippen LogP contribution in [-0.4, -0.2) is 24.1 Å². The summed E-state index contributed by atoms with van der Waals surface area (Å²) in [5.74, 6) is -0.366. The molecule has 0 amide bonds. The van der Waals surface area contributed by atoms with E-state index in [1.165, 1.54) is 7.11 Å². The summed E-state index contributed by atoms with van der Waals surface area (Å²) >= 11 is 0. The van der Waals surface area contributed by atoms with Gasteiger partial charge in [0.15, 0.2) is 0 Å². The number of carbonyl (C=O) groups is 1. The second-order valence-corrected chi connectivity index (χ2v) is 3.48. The number of nitrogens with zero attached hydrogens (tertiary/aromatic N) is 1. The van der Waals surface area contributed by atoms with Crippen LogP contribution in [-0.2, 0) is 16.0 Å². The second kappa shape index (κ2) is 5.46. The van der Waals surface area contributed by atoms with Crippen molar-refractivity contribution in [3.05, 3.63) is 29.6 Å². The number of ether oxygens (including phenoxy) is 1. The molecule has 1 aromatic rings. The molecule has 2 N–H and O–H groups in total. The molecule has 0 aliphatic rings. The highest BCUT2D eigenvalue weighted by Crippen LogP contribution is 2.04. The van der Waals surface area contributed by atoms with Gasteiger partial charge in [0, 0.05) is 11.9 Å². The standard InChI is InChI=1S/C11H16N2O2/c1-8-3-4-9(7-13-8)5-6-10(12)11(14)15-2/h3-4,7,10H,5-6,12H2,1-2H3. The van der Waals surface area contributed by atoms with Crippen LogP contribution in [0.1, 0.15) is 17.7 Å². The molecule has 0 fully saturated rings. The van der Waals surface area contributed by atoms with Gasteiger partial charge in [0.1, 0.15) is 6.04 Å². The number of esters is 1. The van der Waals surface area contributed by atoms with Crippen molar-refractivity contribution in [3.63, 3.8) is 0 Å². The predicted molar refractivity (Wildman–Crippen MR) is 57.3 cm³/mol. The Morgan fingerprint density at radius 1 is 1.60 bits per heavy atom. The van der Waals surface area contributed by atoms with Gasteiger partial charge in [0.05, 0.1) is 7.11 Å². The summed E-state index contributed by atoms with van der Waals surface area (Å²) in [6.07, 6.45) is 3.13. The van der Waals surface area contributed by atoms with Crippen molar-refractivity contribution in [3.8, 4) is 0 Å². The van der Waals surface area contributed by atoms with Crippen LogP contribution in [0.2, 0.25) is 0 Å². The van der Waals surface area contributed by atoms with Crippen LogP contribution in [0.4, 0.5) is 0 Å². The lowest BCUT2D eigenvalue weighted by Gasteiger charge is -2.08. The largest absolute Gasteiger partial charge is 0.468 e. The van der Waals surface area contributed by atoms with Gasteiger partial charge in [0.25, 0.3) is 0 Å². The average Bonchev–Trinajstić information content (AvgIpc) is 2.26. The van der Waals surface area contributed by atoms with Crippen molar-refractivity contribution in [1.29, 1.82) is 0 Å². The van der Waals surface area contributed by atoms with Crippen molar-refractivity contribution in [1.82, 2.24) is 4.98 Å². The number of hydrogen-bond donors (Lipinski definition) is 1. The fraction of sp³-hybridized carbons (Fsp3) is 0.455. The number of aryl methyl sites for hydroxylation is 2. The van der Waals surface area contributed by atoms with Crippen LogP contribution in [0.25, 0.3) is 0 Å². The topological polar surface area (TPSA) is 65.2 Å². The maximum atomic E-state index is 11.0. The van der Waals surface area contributed by atoms with E-state index in [9.17, 15) is 4.79 Å². The fourth-order valence-corrected chi connectivity index (χ4v) is 1.24. The zero-order valence-corrected chi connectivity index (χ0v) is 9.06. The first-order valence-corrected chi connectivity index (χ1v) is 4.88. The van der Waals surface area contributed by atoms with E-state index in [1.54, 1.807) is 6.20 Å². The molecule has 1 rings (SSSR count). The number of nitrogens with two attached hydrogens (primary N) is 1. The molecule has 4 heteroatoms. The van der Waals surface area contributed by atoms with Crippen molar-refractivity contribution in [2.45, 2.75) is 25.8 Å². The third kappa shape index (κ3) is 3.67. The third-order valence-electron chi connectivity index (χ3n) is 2.22. The van der Waals surface area contributed by atoms with E-state index in [1.807, 2.05) is 19.1 Å². The molecule has 4 nitrogen and oxygen atoms in total. The lowest BCUT2D eigenvalue weighted by atomic mass is 10.1. The molecular formula is C11H16N2O2. The summed E-state index contributed by atoms with van der Waals surface area (Å²) in [4.78, 5) is 15.2. The minimum absolute atomic E-state index is 0.366. The van der Waals surface area contributed by atoms with Gasteiger partial charge in [-0.1, -0.05) is 6.07 Å². The molecule has 1 aromatic heterocycles. The van der Waals surface area contributed by atoms with Gasteiger partial charge >= 0.3 is 5.97 Å². The van der Waals surface area contributed by atoms with Crippen molar-refractivity contribution in [2.75, 3.05) is 7.11 Å². The van der Waals surface area contributed by atoms with Crippen LogP contribution in [0.15, 0.2) is 18.3 Å². The normalized spacial score (nSPS) is 12.2. The summed E-state index contributed by atoms with van der Waals surface area (Å²) in [6.45, 7) is 1.93. The molecule has 82 valence electrons. The Balaban J connectivity index is 2.43. The number of pyridine rings is 1. The van der Waals surface area contributed by atoms with Gasteiger partial charge in [0.2, 0.25) is 0 Å². The predicted octanol–water partition coefficient (Wildman–Crippen LogP) is 0.823. The molecule has 1 heterocycles. The Bertz CT molecular complexity index is 322. The van der Waals surface area contributed by atoms with E-state index >= 15 is 0 Å². The van der Waals surface area contributed by atoms with Crippen LogP contribution >= 0.6 is 0 Å². The van der Waals surface area contributed by atoms with E-state index < -0.39 is 6.04 Å². The Hall–Kier alpha value is -1.42. The van der Waals surface area contributed by atoms with Gasteiger partial charge in [-0.05, 0) is 31.4 Å². The highest BCUT2D eigenvalue weighted by Gasteiger charge is 2.12. The quantitative estimate of drug-likeness (QED) is 0.744. The first-order chi connectivity index (χ1) is 7.13. The summed E-state index contributed by atoms with van der Waals surface area (Å²) in [7, 11) is 1.34. The minimum atomic E-state index is -0.545. The summed E-state index contributed by atoms with van der Waals surface area (Å²) in [6, 6.07) is 3.39. The van der Waals surface area contributed by atoms with E-state index in [4.69, 9.17) is 5.73 Å². The zero-order chi connectivity index (χ0) is 11.3. The fourth-order valence-electron chi connectivity index (χ4n) is 1.24. The number of aromatic nitrogens is 1. The summed E-state index contributed by atoms with van der Waals surface area (Å²) in [5, 5.41) is 0. The van der Waals surface area contributed by atoms with Crippen LogP contribution in [0.5, 0.6) is 0 Å². The number of methoxy groups -OCH3 is 1. The Labute approximate surface area is 89.5 Å². The zero-order valence-electron chi connectivity index (χ0n) is 9.06. The molecule has 1 unspecified atom stereocenters. The van der Waals surface area contributed by atoms with Gasteiger partial charge in [-0.3, -0.25) is 9.78 Å². The van der Waals surface area contributed by atoms with Gasteiger partial charge < -0.3 is 10.5 Å². The highest BCUT2D eigenvalue weighted by atomic mass is 16.5. The van der Waals surface area contributed by atoms with Crippen molar-refractivity contribution >= 4 is 5.97 Å². The molecule has 15 heavy (non-hydrogen) atoms. The third-order valence-corrected chi connectivity index (χ3v) is 2.22. The van der Waals surface area contributed by atoms with Crippen molar-refractivity contribution < 1.29 is 9.53 Å². The first kappa shape index (κ1) is 11.7. The number of carbonyl (C=O) groups excluding carboxylic acids is 1. The molecule has 1 atom stereocenters.